The van der Waals surface area contributed by atoms with E-state index in [-0.39, 0.29) is 11.3 Å². The monoisotopic (exact) mass is 394 g/mol. The Bertz CT molecular complexity index is 1150. The lowest BCUT2D eigenvalue weighted by Gasteiger charge is -2.10. The molecule has 0 saturated heterocycles. The second kappa shape index (κ2) is 8.53. The molecule has 0 unspecified atom stereocenters. The first-order valence-electron chi connectivity index (χ1n) is 9.08. The number of benzene rings is 3. The summed E-state index contributed by atoms with van der Waals surface area (Å²) < 4.78 is 4.85. The zero-order chi connectivity index (χ0) is 20.9. The van der Waals surface area contributed by atoms with Crippen molar-refractivity contribution >= 4 is 7.32 Å². The van der Waals surface area contributed by atoms with Crippen molar-refractivity contribution in [3.63, 3.8) is 0 Å². The average Bonchev–Trinajstić information content (AvgIpc) is 2.80. The highest BCUT2D eigenvalue weighted by Crippen LogP contribution is 2.28. The molecule has 0 aliphatic rings. The van der Waals surface area contributed by atoms with E-state index in [0.717, 1.165) is 11.1 Å². The fraction of sp³-hybridized carbons (Fsp3) is 0. The summed E-state index contributed by atoms with van der Waals surface area (Å²) in [4.78, 5) is 13.8. The summed E-state index contributed by atoms with van der Waals surface area (Å²) in [7, 11) is -2.02. The summed E-state index contributed by atoms with van der Waals surface area (Å²) in [6, 6.07) is 25.7. The van der Waals surface area contributed by atoms with Crippen molar-refractivity contribution in [2.45, 2.75) is 0 Å². The van der Waals surface area contributed by atoms with Gasteiger partial charge in [-0.1, -0.05) is 60.7 Å². The molecule has 0 aliphatic carbocycles. The Hall–Kier alpha value is -4.06. The normalized spacial score (nSPS) is 10.3. The highest BCUT2D eigenvalue weighted by atomic mass is 16.6. The van der Waals surface area contributed by atoms with Crippen LogP contribution in [0, 0.1) is 11.3 Å². The predicted molar refractivity (Wildman–Crippen MR) is 112 cm³/mol. The van der Waals surface area contributed by atoms with Crippen molar-refractivity contribution in [1.82, 2.24) is 15.0 Å². The summed E-state index contributed by atoms with van der Waals surface area (Å²) in [5.74, 6) is 1.44. The van der Waals surface area contributed by atoms with Gasteiger partial charge in [-0.15, -0.1) is 0 Å². The Morgan fingerprint density at radius 1 is 0.700 bits per heavy atom. The van der Waals surface area contributed by atoms with Gasteiger partial charge in [-0.05, 0) is 18.2 Å². The molecule has 0 amide bonds. The summed E-state index contributed by atoms with van der Waals surface area (Å²) in [5.41, 5.74) is 2.37. The van der Waals surface area contributed by atoms with Gasteiger partial charge in [0.15, 0.2) is 17.5 Å². The van der Waals surface area contributed by atoms with E-state index in [1.54, 1.807) is 6.07 Å². The van der Waals surface area contributed by atoms with E-state index < -0.39 is 7.32 Å². The van der Waals surface area contributed by atoms with Gasteiger partial charge >= 0.3 is 7.32 Å². The molecule has 4 aromatic rings. The zero-order valence-corrected chi connectivity index (χ0v) is 15.7. The molecule has 0 bridgehead atoms. The van der Waals surface area contributed by atoms with Crippen molar-refractivity contribution in [3.05, 3.63) is 84.4 Å². The number of nitriles is 1. The Morgan fingerprint density at radius 2 is 1.20 bits per heavy atom. The van der Waals surface area contributed by atoms with E-state index in [4.69, 9.17) is 14.7 Å². The third-order valence-electron chi connectivity index (χ3n) is 4.29. The first kappa shape index (κ1) is 19.3. The Morgan fingerprint density at radius 3 is 1.67 bits per heavy atom. The van der Waals surface area contributed by atoms with Crippen LogP contribution in [0.25, 0.3) is 34.2 Å². The fourth-order valence-corrected chi connectivity index (χ4v) is 2.91. The number of rotatable bonds is 5. The van der Waals surface area contributed by atoms with Crippen molar-refractivity contribution < 1.29 is 14.7 Å². The van der Waals surface area contributed by atoms with Gasteiger partial charge in [0.25, 0.3) is 0 Å². The maximum Gasteiger partial charge on any atom is 0.707 e. The number of nitrogens with zero attached hydrogens (tertiary/aromatic N) is 4. The van der Waals surface area contributed by atoms with Crippen LogP contribution in [-0.2, 0) is 0 Å². The molecule has 0 radical (unpaired) electrons. The SMILES string of the molecule is N#Cc1cc(-c2nc(-c3ccccc3)nc(-c3ccccc3)n2)ccc1OB(O)O. The summed E-state index contributed by atoms with van der Waals surface area (Å²) >= 11 is 0. The summed E-state index contributed by atoms with van der Waals surface area (Å²) in [6.45, 7) is 0. The quantitative estimate of drug-likeness (QED) is 0.500. The first-order valence-corrected chi connectivity index (χ1v) is 9.08. The van der Waals surface area contributed by atoms with E-state index in [1.165, 1.54) is 12.1 Å². The maximum absolute atomic E-state index is 9.42. The lowest BCUT2D eigenvalue weighted by molar-refractivity contribution is 0.288. The number of hydrogen-bond acceptors (Lipinski definition) is 7. The number of aromatic nitrogens is 3. The second-order valence-corrected chi connectivity index (χ2v) is 6.31. The van der Waals surface area contributed by atoms with E-state index in [0.29, 0.717) is 23.0 Å². The van der Waals surface area contributed by atoms with Crippen molar-refractivity contribution in [3.8, 4) is 46.0 Å². The van der Waals surface area contributed by atoms with E-state index in [2.05, 4.69) is 15.0 Å². The van der Waals surface area contributed by atoms with Crippen LogP contribution in [0.2, 0.25) is 0 Å². The van der Waals surface area contributed by atoms with Gasteiger partial charge in [0, 0.05) is 16.7 Å². The second-order valence-electron chi connectivity index (χ2n) is 6.31. The van der Waals surface area contributed by atoms with Gasteiger partial charge in [-0.2, -0.15) is 5.26 Å². The minimum Gasteiger partial charge on any atom is -0.511 e. The van der Waals surface area contributed by atoms with Crippen LogP contribution < -0.4 is 4.65 Å². The molecule has 7 nitrogen and oxygen atoms in total. The van der Waals surface area contributed by atoms with Gasteiger partial charge in [-0.25, -0.2) is 15.0 Å². The molecular formula is C22H15BN4O3. The molecule has 144 valence electrons. The molecule has 0 atom stereocenters. The maximum atomic E-state index is 9.42. The number of hydrogen-bond donors (Lipinski definition) is 2. The van der Waals surface area contributed by atoms with E-state index in [9.17, 15) is 5.26 Å². The largest absolute Gasteiger partial charge is 0.707 e. The van der Waals surface area contributed by atoms with Crippen molar-refractivity contribution in [2.75, 3.05) is 0 Å². The molecule has 0 spiro atoms. The highest BCUT2D eigenvalue weighted by Gasteiger charge is 2.17. The first-order chi connectivity index (χ1) is 14.6. The topological polar surface area (TPSA) is 112 Å². The summed E-state index contributed by atoms with van der Waals surface area (Å²) in [6.07, 6.45) is 0. The van der Waals surface area contributed by atoms with Gasteiger partial charge < -0.3 is 14.7 Å². The van der Waals surface area contributed by atoms with Crippen LogP contribution >= 0.6 is 0 Å². The van der Waals surface area contributed by atoms with Gasteiger partial charge in [0.1, 0.15) is 11.8 Å². The lowest BCUT2D eigenvalue weighted by atomic mass is 10.1. The molecule has 0 aliphatic heterocycles. The van der Waals surface area contributed by atoms with Crippen LogP contribution in [0.3, 0.4) is 0 Å². The standard InChI is InChI=1S/C22H15BN4O3/c24-14-18-13-17(11-12-19(18)30-23(28)29)22-26-20(15-7-3-1-4-8-15)25-21(27-22)16-9-5-2-6-10-16/h1-13,28-29H. The lowest BCUT2D eigenvalue weighted by Crippen LogP contribution is -2.21. The van der Waals surface area contributed by atoms with E-state index >= 15 is 0 Å². The molecule has 4 rings (SSSR count). The van der Waals surface area contributed by atoms with E-state index in [1.807, 2.05) is 66.7 Å². The van der Waals surface area contributed by atoms with Gasteiger partial charge in [0.2, 0.25) is 0 Å². The van der Waals surface area contributed by atoms with Crippen LogP contribution in [-0.4, -0.2) is 32.3 Å². The van der Waals surface area contributed by atoms with Crippen molar-refractivity contribution in [2.24, 2.45) is 0 Å². The molecule has 3 aromatic carbocycles. The van der Waals surface area contributed by atoms with Crippen LogP contribution in [0.5, 0.6) is 5.75 Å². The van der Waals surface area contributed by atoms with Crippen molar-refractivity contribution in [1.29, 1.82) is 5.26 Å². The smallest absolute Gasteiger partial charge is 0.511 e. The third-order valence-corrected chi connectivity index (χ3v) is 4.29. The predicted octanol–water partition coefficient (Wildman–Crippen LogP) is 3.09. The minimum atomic E-state index is -2.02. The minimum absolute atomic E-state index is 0.0527. The molecule has 8 heteroatoms. The Labute approximate surface area is 173 Å². The third kappa shape index (κ3) is 4.18. The highest BCUT2D eigenvalue weighted by molar-refractivity contribution is 6.33. The van der Waals surface area contributed by atoms with Crippen LogP contribution in [0.4, 0.5) is 0 Å². The van der Waals surface area contributed by atoms with Crippen LogP contribution in [0.1, 0.15) is 5.56 Å². The molecule has 1 heterocycles. The molecule has 2 N–H and O–H groups in total. The zero-order valence-electron chi connectivity index (χ0n) is 15.7. The van der Waals surface area contributed by atoms with Gasteiger partial charge in [0.05, 0.1) is 5.56 Å². The molecular weight excluding hydrogens is 379 g/mol. The molecule has 0 fully saturated rings. The molecule has 0 saturated carbocycles. The summed E-state index contributed by atoms with van der Waals surface area (Å²) in [5, 5.41) is 27.5. The average molecular weight is 394 g/mol. The van der Waals surface area contributed by atoms with Gasteiger partial charge in [-0.3, -0.25) is 0 Å². The molecule has 1 aromatic heterocycles. The Balaban J connectivity index is 1.86. The Kier molecular flexibility index (Phi) is 5.48. The molecule has 30 heavy (non-hydrogen) atoms. The fourth-order valence-electron chi connectivity index (χ4n) is 2.91. The van der Waals surface area contributed by atoms with Crippen LogP contribution in [0.15, 0.2) is 78.9 Å².